The van der Waals surface area contributed by atoms with E-state index in [0.717, 1.165) is 63.2 Å². The molecule has 8 nitrogen and oxygen atoms in total. The number of para-hydroxylation sites is 2. The number of halogens is 2. The highest BCUT2D eigenvalue weighted by Gasteiger charge is 2.14. The maximum absolute atomic E-state index is 12.0. The molecule has 2 rings (SSSR count). The van der Waals surface area contributed by atoms with Crippen LogP contribution in [-0.2, 0) is 13.1 Å². The first-order valence-electron chi connectivity index (χ1n) is 14.9. The lowest BCUT2D eigenvalue weighted by atomic mass is 10.1. The Labute approximate surface area is 277 Å². The van der Waals surface area contributed by atoms with Gasteiger partial charge in [0.25, 0.3) is 0 Å². The SMILES string of the molecule is CBr.CBr.CCN(CCCCCCCN(CC)Cc1ccccc1OC(=O)N(C)C)Cc1ccccc1OC(=O)N(C)C. The third kappa shape index (κ3) is 17.1. The molecule has 43 heavy (non-hydrogen) atoms. The van der Waals surface area contributed by atoms with E-state index in [1.165, 1.54) is 29.1 Å². The van der Waals surface area contributed by atoms with Crippen LogP contribution in [0.1, 0.15) is 57.1 Å². The molecule has 0 bridgehead atoms. The number of hydrogen-bond donors (Lipinski definition) is 0. The number of benzene rings is 2. The molecule has 2 aromatic carbocycles. The fourth-order valence-corrected chi connectivity index (χ4v) is 4.22. The lowest BCUT2D eigenvalue weighted by Gasteiger charge is -2.23. The fraction of sp³-hybridized carbons (Fsp3) is 0.576. The Kier molecular flexibility index (Phi) is 24.0. The molecule has 0 aliphatic heterocycles. The quantitative estimate of drug-likeness (QED) is 0.129. The van der Waals surface area contributed by atoms with Gasteiger partial charge in [0.15, 0.2) is 0 Å². The van der Waals surface area contributed by atoms with Gasteiger partial charge in [-0.15, -0.1) is 0 Å². The molecule has 0 aliphatic carbocycles. The zero-order valence-electron chi connectivity index (χ0n) is 27.6. The number of nitrogens with zero attached hydrogens (tertiary/aromatic N) is 4. The van der Waals surface area contributed by atoms with Crippen molar-refractivity contribution in [3.63, 3.8) is 0 Å². The summed E-state index contributed by atoms with van der Waals surface area (Å²) in [4.78, 5) is 31.7. The van der Waals surface area contributed by atoms with E-state index in [1.807, 2.05) is 60.2 Å². The van der Waals surface area contributed by atoms with Crippen molar-refractivity contribution in [2.24, 2.45) is 0 Å². The third-order valence-electron chi connectivity index (χ3n) is 6.70. The predicted molar refractivity (Wildman–Crippen MR) is 187 cm³/mol. The van der Waals surface area contributed by atoms with Crippen LogP contribution in [0.3, 0.4) is 0 Å². The van der Waals surface area contributed by atoms with E-state index in [0.29, 0.717) is 11.5 Å². The van der Waals surface area contributed by atoms with Gasteiger partial charge in [-0.1, -0.05) is 101 Å². The highest BCUT2D eigenvalue weighted by atomic mass is 79.9. The number of unbranched alkanes of at least 4 members (excludes halogenated alkanes) is 4. The molecule has 0 saturated carbocycles. The second kappa shape index (κ2) is 25.2. The van der Waals surface area contributed by atoms with Gasteiger partial charge in [-0.25, -0.2) is 9.59 Å². The molecule has 0 unspecified atom stereocenters. The Balaban J connectivity index is 0.00000422. The number of ether oxygens (including phenoxy) is 2. The van der Waals surface area contributed by atoms with E-state index < -0.39 is 0 Å². The number of carbonyl (C=O) groups excluding carboxylic acids is 2. The summed E-state index contributed by atoms with van der Waals surface area (Å²) in [6, 6.07) is 15.6. The minimum atomic E-state index is -0.357. The summed E-state index contributed by atoms with van der Waals surface area (Å²) in [5.74, 6) is 4.89. The maximum Gasteiger partial charge on any atom is 0.414 e. The molecular weight excluding hydrogens is 676 g/mol. The topological polar surface area (TPSA) is 65.6 Å². The summed E-state index contributed by atoms with van der Waals surface area (Å²) in [5, 5.41) is 0. The van der Waals surface area contributed by atoms with E-state index in [1.54, 1.807) is 28.2 Å². The molecule has 0 heterocycles. The average Bonchev–Trinajstić information content (AvgIpc) is 3.02. The number of amides is 2. The summed E-state index contributed by atoms with van der Waals surface area (Å²) in [5.41, 5.74) is 2.07. The summed E-state index contributed by atoms with van der Waals surface area (Å²) in [6.45, 7) is 9.83. The lowest BCUT2D eigenvalue weighted by Crippen LogP contribution is -2.27. The molecule has 0 radical (unpaired) electrons. The summed E-state index contributed by atoms with van der Waals surface area (Å²) >= 11 is 5.88. The van der Waals surface area contributed by atoms with Crippen LogP contribution in [0.15, 0.2) is 48.5 Å². The fourth-order valence-electron chi connectivity index (χ4n) is 4.22. The Hall–Kier alpha value is -2.14. The van der Waals surface area contributed by atoms with Crippen LogP contribution in [-0.4, -0.2) is 97.8 Å². The van der Waals surface area contributed by atoms with Crippen LogP contribution in [0.25, 0.3) is 0 Å². The highest BCUT2D eigenvalue weighted by Crippen LogP contribution is 2.22. The average molecular weight is 731 g/mol. The summed E-state index contributed by atoms with van der Waals surface area (Å²) < 4.78 is 11.1. The molecule has 0 fully saturated rings. The minimum Gasteiger partial charge on any atom is -0.410 e. The van der Waals surface area contributed by atoms with Gasteiger partial charge in [-0.05, 0) is 62.8 Å². The number of hydrogen-bond acceptors (Lipinski definition) is 6. The van der Waals surface area contributed by atoms with Gasteiger partial charge < -0.3 is 19.3 Å². The van der Waals surface area contributed by atoms with E-state index in [4.69, 9.17) is 9.47 Å². The molecule has 0 N–H and O–H groups in total. The lowest BCUT2D eigenvalue weighted by molar-refractivity contribution is 0.169. The maximum atomic E-state index is 12.0. The van der Waals surface area contributed by atoms with E-state index in [9.17, 15) is 9.59 Å². The van der Waals surface area contributed by atoms with Crippen molar-refractivity contribution in [2.75, 3.05) is 66.0 Å². The van der Waals surface area contributed by atoms with Crippen molar-refractivity contribution in [1.29, 1.82) is 0 Å². The first kappa shape index (κ1) is 40.9. The second-order valence-corrected chi connectivity index (χ2v) is 10.2. The monoisotopic (exact) mass is 728 g/mol. The van der Waals surface area contributed by atoms with Gasteiger partial charge in [0.2, 0.25) is 0 Å². The van der Waals surface area contributed by atoms with E-state index >= 15 is 0 Å². The standard InChI is InChI=1S/C31H48N4O4.2CH3Br/c1-7-34(24-26-18-12-14-20-28(26)38-30(36)32(3)4)22-16-10-9-11-17-23-35(8-2)25-27-19-13-15-21-29(27)39-31(37)33(5)6;2*1-2/h12-15,18-21H,7-11,16-17,22-25H2,1-6H3;2*1H3. The first-order valence-corrected chi connectivity index (χ1v) is 18.1. The van der Waals surface area contributed by atoms with Crippen molar-refractivity contribution in [1.82, 2.24) is 19.6 Å². The second-order valence-electron chi connectivity index (χ2n) is 10.2. The van der Waals surface area contributed by atoms with Crippen molar-refractivity contribution >= 4 is 44.0 Å². The van der Waals surface area contributed by atoms with Crippen LogP contribution in [0.4, 0.5) is 9.59 Å². The van der Waals surface area contributed by atoms with Gasteiger partial charge >= 0.3 is 12.2 Å². The normalized spacial score (nSPS) is 10.3. The van der Waals surface area contributed by atoms with Gasteiger partial charge in [-0.2, -0.15) is 0 Å². The zero-order valence-corrected chi connectivity index (χ0v) is 30.7. The molecule has 244 valence electrons. The molecule has 10 heteroatoms. The van der Waals surface area contributed by atoms with Crippen LogP contribution in [0.2, 0.25) is 0 Å². The van der Waals surface area contributed by atoms with Crippen LogP contribution in [0, 0.1) is 0 Å². The van der Waals surface area contributed by atoms with Crippen LogP contribution >= 0.6 is 31.9 Å². The van der Waals surface area contributed by atoms with Crippen molar-refractivity contribution < 1.29 is 19.1 Å². The van der Waals surface area contributed by atoms with Crippen molar-refractivity contribution in [3.8, 4) is 11.5 Å². The van der Waals surface area contributed by atoms with Gasteiger partial charge in [0.1, 0.15) is 11.5 Å². The Morgan fingerprint density at radius 1 is 0.581 bits per heavy atom. The largest absolute Gasteiger partial charge is 0.414 e. The van der Waals surface area contributed by atoms with E-state index in [-0.39, 0.29) is 12.2 Å². The Morgan fingerprint density at radius 2 is 0.907 bits per heavy atom. The molecule has 0 aromatic heterocycles. The Bertz CT molecular complexity index is 944. The van der Waals surface area contributed by atoms with Gasteiger partial charge in [0.05, 0.1) is 0 Å². The molecule has 0 atom stereocenters. The molecule has 2 amide bonds. The molecular formula is C33H54Br2N4O4. The number of rotatable bonds is 16. The van der Waals surface area contributed by atoms with Gasteiger partial charge in [-0.3, -0.25) is 9.80 Å². The molecule has 0 saturated heterocycles. The van der Waals surface area contributed by atoms with E-state index in [2.05, 4.69) is 55.5 Å². The number of alkyl halides is 2. The molecule has 0 aliphatic rings. The molecule has 0 spiro atoms. The number of carbonyl (C=O) groups is 2. The summed E-state index contributed by atoms with van der Waals surface area (Å²) in [6.07, 6.45) is 5.19. The smallest absolute Gasteiger partial charge is 0.410 e. The van der Waals surface area contributed by atoms with Crippen molar-refractivity contribution in [2.45, 2.75) is 59.0 Å². The first-order chi connectivity index (χ1) is 20.7. The van der Waals surface area contributed by atoms with Gasteiger partial charge in [0, 0.05) is 52.4 Å². The summed E-state index contributed by atoms with van der Waals surface area (Å²) in [7, 11) is 6.75. The Morgan fingerprint density at radius 3 is 1.23 bits per heavy atom. The third-order valence-corrected chi connectivity index (χ3v) is 6.70. The minimum absolute atomic E-state index is 0.357. The van der Waals surface area contributed by atoms with Crippen LogP contribution < -0.4 is 9.47 Å². The zero-order chi connectivity index (χ0) is 32.6. The highest BCUT2D eigenvalue weighted by molar-refractivity contribution is 9.09. The molecule has 2 aromatic rings. The van der Waals surface area contributed by atoms with Crippen LogP contribution in [0.5, 0.6) is 11.5 Å². The predicted octanol–water partition coefficient (Wildman–Crippen LogP) is 8.12. The van der Waals surface area contributed by atoms with Crippen molar-refractivity contribution in [3.05, 3.63) is 59.7 Å².